The van der Waals surface area contributed by atoms with Crippen molar-refractivity contribution in [3.63, 3.8) is 0 Å². The third-order valence-corrected chi connectivity index (χ3v) is 3.16. The Labute approximate surface area is 94.7 Å². The average molecular weight is 228 g/mol. The van der Waals surface area contributed by atoms with E-state index < -0.39 is 0 Å². The molecule has 1 aliphatic heterocycles. The van der Waals surface area contributed by atoms with E-state index in [1.807, 2.05) is 4.90 Å². The van der Waals surface area contributed by atoms with Gasteiger partial charge in [-0.2, -0.15) is 0 Å². The fraction of sp³-hybridized carbons (Fsp3) is 0.800. The van der Waals surface area contributed by atoms with Crippen LogP contribution in [0.4, 0.5) is 0 Å². The Balaban J connectivity index is 1.85. The van der Waals surface area contributed by atoms with Crippen molar-refractivity contribution >= 4 is 23.1 Å². The summed E-state index contributed by atoms with van der Waals surface area (Å²) in [5, 5.41) is 0. The zero-order chi connectivity index (χ0) is 10.8. The minimum atomic E-state index is -0.253. The lowest BCUT2D eigenvalue weighted by Gasteiger charge is -2.32. The SMILES string of the molecule is NC(=S)C1CN(C(=O)CC2CC2)CCO1. The number of hydrogen-bond acceptors (Lipinski definition) is 3. The van der Waals surface area contributed by atoms with Gasteiger partial charge in [-0.3, -0.25) is 4.79 Å². The number of thiocarbonyl (C=S) groups is 1. The first-order valence-corrected chi connectivity index (χ1v) is 5.76. The molecule has 1 amide bonds. The van der Waals surface area contributed by atoms with E-state index in [1.54, 1.807) is 0 Å². The summed E-state index contributed by atoms with van der Waals surface area (Å²) in [6.45, 7) is 1.74. The number of carbonyl (C=O) groups excluding carboxylic acids is 1. The van der Waals surface area contributed by atoms with Gasteiger partial charge >= 0.3 is 0 Å². The molecule has 1 aliphatic carbocycles. The van der Waals surface area contributed by atoms with Crippen LogP contribution in [0.15, 0.2) is 0 Å². The third kappa shape index (κ3) is 2.89. The van der Waals surface area contributed by atoms with Gasteiger partial charge in [0.15, 0.2) is 0 Å². The number of nitrogens with zero attached hydrogens (tertiary/aromatic N) is 1. The Morgan fingerprint density at radius 1 is 1.53 bits per heavy atom. The monoisotopic (exact) mass is 228 g/mol. The molecule has 0 radical (unpaired) electrons. The summed E-state index contributed by atoms with van der Waals surface area (Å²) >= 11 is 4.87. The molecule has 2 aliphatic rings. The second-order valence-corrected chi connectivity index (χ2v) is 4.72. The Morgan fingerprint density at radius 2 is 2.27 bits per heavy atom. The molecule has 2 fully saturated rings. The summed E-state index contributed by atoms with van der Waals surface area (Å²) in [5.41, 5.74) is 5.51. The van der Waals surface area contributed by atoms with Crippen LogP contribution in [0.2, 0.25) is 0 Å². The first-order valence-electron chi connectivity index (χ1n) is 5.35. The first kappa shape index (κ1) is 10.8. The molecule has 15 heavy (non-hydrogen) atoms. The van der Waals surface area contributed by atoms with E-state index in [0.29, 0.717) is 37.0 Å². The topological polar surface area (TPSA) is 55.6 Å². The van der Waals surface area contributed by atoms with Crippen molar-refractivity contribution in [3.05, 3.63) is 0 Å². The molecule has 1 heterocycles. The van der Waals surface area contributed by atoms with Gasteiger partial charge in [-0.15, -0.1) is 0 Å². The van der Waals surface area contributed by atoms with Crippen LogP contribution in [0.1, 0.15) is 19.3 Å². The number of amides is 1. The standard InChI is InChI=1S/C10H16N2O2S/c11-10(15)8-6-12(3-4-14-8)9(13)5-7-1-2-7/h7-8H,1-6H2,(H2,11,15). The molecule has 0 aromatic carbocycles. The quantitative estimate of drug-likeness (QED) is 0.706. The molecule has 1 unspecified atom stereocenters. The molecule has 1 saturated heterocycles. The van der Waals surface area contributed by atoms with Gasteiger partial charge in [0.1, 0.15) is 11.1 Å². The van der Waals surface area contributed by atoms with E-state index in [1.165, 1.54) is 12.8 Å². The molecule has 2 N–H and O–H groups in total. The number of rotatable bonds is 3. The van der Waals surface area contributed by atoms with Gasteiger partial charge in [-0.25, -0.2) is 0 Å². The van der Waals surface area contributed by atoms with E-state index in [-0.39, 0.29) is 12.0 Å². The van der Waals surface area contributed by atoms with Crippen LogP contribution in [0, 0.1) is 5.92 Å². The summed E-state index contributed by atoms with van der Waals surface area (Å²) in [6.07, 6.45) is 2.84. The highest BCUT2D eigenvalue weighted by molar-refractivity contribution is 7.80. The summed E-state index contributed by atoms with van der Waals surface area (Å²) in [7, 11) is 0. The smallest absolute Gasteiger partial charge is 0.223 e. The molecule has 0 bridgehead atoms. The molecular formula is C10H16N2O2S. The van der Waals surface area contributed by atoms with Crippen LogP contribution in [0.25, 0.3) is 0 Å². The van der Waals surface area contributed by atoms with Crippen molar-refractivity contribution in [3.8, 4) is 0 Å². The van der Waals surface area contributed by atoms with Crippen LogP contribution < -0.4 is 5.73 Å². The Hall–Kier alpha value is -0.680. The van der Waals surface area contributed by atoms with Crippen molar-refractivity contribution < 1.29 is 9.53 Å². The van der Waals surface area contributed by atoms with Gasteiger partial charge in [0.2, 0.25) is 5.91 Å². The lowest BCUT2D eigenvalue weighted by Crippen LogP contribution is -2.49. The summed E-state index contributed by atoms with van der Waals surface area (Å²) < 4.78 is 5.38. The number of hydrogen-bond donors (Lipinski definition) is 1. The molecule has 0 aromatic rings. The van der Waals surface area contributed by atoms with Gasteiger partial charge in [0.05, 0.1) is 13.2 Å². The first-order chi connectivity index (χ1) is 7.16. The van der Waals surface area contributed by atoms with Gasteiger partial charge in [0, 0.05) is 13.0 Å². The summed E-state index contributed by atoms with van der Waals surface area (Å²) in [5.74, 6) is 0.852. The maximum Gasteiger partial charge on any atom is 0.223 e. The fourth-order valence-corrected chi connectivity index (χ4v) is 1.89. The summed E-state index contributed by atoms with van der Waals surface area (Å²) in [6, 6.07) is 0. The van der Waals surface area contributed by atoms with Crippen LogP contribution in [0.5, 0.6) is 0 Å². The average Bonchev–Trinajstić information content (AvgIpc) is 3.02. The lowest BCUT2D eigenvalue weighted by molar-refractivity contribution is -0.137. The Kier molecular flexibility index (Phi) is 3.21. The molecule has 2 rings (SSSR count). The van der Waals surface area contributed by atoms with Crippen molar-refractivity contribution in [2.24, 2.45) is 11.7 Å². The molecule has 0 spiro atoms. The number of ether oxygens (including phenoxy) is 1. The largest absolute Gasteiger partial charge is 0.391 e. The summed E-state index contributed by atoms with van der Waals surface area (Å²) in [4.78, 5) is 14.0. The molecule has 5 heteroatoms. The van der Waals surface area contributed by atoms with Crippen molar-refractivity contribution in [2.75, 3.05) is 19.7 Å². The molecule has 1 atom stereocenters. The Morgan fingerprint density at radius 3 is 2.87 bits per heavy atom. The number of carbonyl (C=O) groups is 1. The van der Waals surface area contributed by atoms with E-state index >= 15 is 0 Å². The van der Waals surface area contributed by atoms with E-state index in [0.717, 1.165) is 0 Å². The maximum atomic E-state index is 11.8. The highest BCUT2D eigenvalue weighted by atomic mass is 32.1. The minimum Gasteiger partial charge on any atom is -0.391 e. The van der Waals surface area contributed by atoms with Crippen molar-refractivity contribution in [1.82, 2.24) is 4.90 Å². The van der Waals surface area contributed by atoms with Gasteiger partial charge in [0.25, 0.3) is 0 Å². The van der Waals surface area contributed by atoms with E-state index in [2.05, 4.69) is 0 Å². The highest BCUT2D eigenvalue weighted by Gasteiger charge is 2.30. The zero-order valence-electron chi connectivity index (χ0n) is 8.65. The van der Waals surface area contributed by atoms with E-state index in [9.17, 15) is 4.79 Å². The number of morpholine rings is 1. The maximum absolute atomic E-state index is 11.8. The van der Waals surface area contributed by atoms with Crippen LogP contribution in [-0.2, 0) is 9.53 Å². The van der Waals surface area contributed by atoms with Gasteiger partial charge in [-0.05, 0) is 18.8 Å². The lowest BCUT2D eigenvalue weighted by atomic mass is 10.2. The van der Waals surface area contributed by atoms with Crippen molar-refractivity contribution in [2.45, 2.75) is 25.4 Å². The molecular weight excluding hydrogens is 212 g/mol. The second-order valence-electron chi connectivity index (χ2n) is 4.25. The predicted molar refractivity (Wildman–Crippen MR) is 60.4 cm³/mol. The zero-order valence-corrected chi connectivity index (χ0v) is 9.46. The normalized spacial score (nSPS) is 26.4. The van der Waals surface area contributed by atoms with Gasteiger partial charge < -0.3 is 15.4 Å². The van der Waals surface area contributed by atoms with Crippen LogP contribution >= 0.6 is 12.2 Å². The minimum absolute atomic E-state index is 0.224. The van der Waals surface area contributed by atoms with Crippen molar-refractivity contribution in [1.29, 1.82) is 0 Å². The molecule has 4 nitrogen and oxygen atoms in total. The van der Waals surface area contributed by atoms with Crippen LogP contribution in [0.3, 0.4) is 0 Å². The third-order valence-electron chi connectivity index (χ3n) is 2.90. The van der Waals surface area contributed by atoms with Crippen LogP contribution in [-0.4, -0.2) is 41.6 Å². The molecule has 0 aromatic heterocycles. The second kappa shape index (κ2) is 4.45. The molecule has 84 valence electrons. The fourth-order valence-electron chi connectivity index (χ4n) is 1.75. The predicted octanol–water partition coefficient (Wildman–Crippen LogP) is 0.300. The highest BCUT2D eigenvalue weighted by Crippen LogP contribution is 2.33. The van der Waals surface area contributed by atoms with Gasteiger partial charge in [-0.1, -0.05) is 12.2 Å². The van der Waals surface area contributed by atoms with E-state index in [4.69, 9.17) is 22.7 Å². The Bertz CT molecular complexity index is 279. The number of nitrogens with two attached hydrogens (primary N) is 1. The molecule has 1 saturated carbocycles.